The molecule has 1 nitrogen and oxygen atoms in total. The summed E-state index contributed by atoms with van der Waals surface area (Å²) in [6.45, 7) is 4.94. The van der Waals surface area contributed by atoms with Crippen molar-refractivity contribution in [2.75, 3.05) is 0 Å². The van der Waals surface area contributed by atoms with Gasteiger partial charge in [-0.25, -0.2) is 0 Å². The Morgan fingerprint density at radius 3 is 2.47 bits per heavy atom. The second kappa shape index (κ2) is 5.15. The quantitative estimate of drug-likeness (QED) is 0.847. The molecule has 0 unspecified atom stereocenters. The van der Waals surface area contributed by atoms with Crippen molar-refractivity contribution >= 4 is 0 Å². The summed E-state index contributed by atoms with van der Waals surface area (Å²) in [5.74, 6) is 0. The lowest BCUT2D eigenvalue weighted by Gasteiger charge is -2.09. The molecule has 0 spiro atoms. The van der Waals surface area contributed by atoms with Crippen LogP contribution in [0.25, 0.3) is 11.1 Å². The predicted octanol–water partition coefficient (Wildman–Crippen LogP) is 3.68. The molecule has 0 aliphatic heterocycles. The molecule has 0 fully saturated rings. The zero-order valence-electron chi connectivity index (χ0n) is 10.5. The van der Waals surface area contributed by atoms with Crippen LogP contribution in [0.5, 0.6) is 0 Å². The van der Waals surface area contributed by atoms with E-state index in [9.17, 15) is 0 Å². The fraction of sp³-hybridized carbons (Fsp3) is 0.250. The molecule has 2 aromatic carbocycles. The van der Waals surface area contributed by atoms with E-state index >= 15 is 0 Å². The Hall–Kier alpha value is -1.60. The van der Waals surface area contributed by atoms with E-state index in [2.05, 4.69) is 56.3 Å². The Bertz CT molecular complexity index is 515. The highest BCUT2D eigenvalue weighted by Gasteiger charge is 2.03. The fourth-order valence-electron chi connectivity index (χ4n) is 2.14. The van der Waals surface area contributed by atoms with Crippen LogP contribution in [0.2, 0.25) is 0 Å². The molecule has 0 heterocycles. The van der Waals surface area contributed by atoms with E-state index in [0.29, 0.717) is 6.54 Å². The summed E-state index contributed by atoms with van der Waals surface area (Å²) in [7, 11) is 0. The van der Waals surface area contributed by atoms with Gasteiger partial charge in [0.05, 0.1) is 0 Å². The molecule has 17 heavy (non-hydrogen) atoms. The lowest BCUT2D eigenvalue weighted by molar-refractivity contribution is 1.07. The SMILES string of the molecule is CCc1cccc(-c2ccc(CN)cc2C)c1. The molecule has 0 aromatic heterocycles. The third kappa shape index (κ3) is 2.56. The largest absolute Gasteiger partial charge is 0.326 e. The number of aryl methyl sites for hydroxylation is 2. The molecule has 0 amide bonds. The standard InChI is InChI=1S/C16H19N/c1-3-13-5-4-6-15(10-13)16-8-7-14(11-17)9-12(16)2/h4-10H,3,11,17H2,1-2H3. The topological polar surface area (TPSA) is 26.0 Å². The highest BCUT2D eigenvalue weighted by molar-refractivity contribution is 5.68. The normalized spacial score (nSPS) is 10.5. The molecule has 2 aromatic rings. The molecule has 2 N–H and O–H groups in total. The van der Waals surface area contributed by atoms with Crippen molar-refractivity contribution in [3.63, 3.8) is 0 Å². The van der Waals surface area contributed by atoms with Crippen LogP contribution in [0.15, 0.2) is 42.5 Å². The lowest BCUT2D eigenvalue weighted by Crippen LogP contribution is -1.97. The van der Waals surface area contributed by atoms with Crippen LogP contribution in [-0.2, 0) is 13.0 Å². The number of nitrogens with two attached hydrogens (primary N) is 1. The average Bonchev–Trinajstić information content (AvgIpc) is 2.38. The van der Waals surface area contributed by atoms with Crippen LogP contribution in [0.4, 0.5) is 0 Å². The van der Waals surface area contributed by atoms with Crippen molar-refractivity contribution < 1.29 is 0 Å². The first kappa shape index (κ1) is 11.9. The molecule has 88 valence electrons. The van der Waals surface area contributed by atoms with Gasteiger partial charge in [0.2, 0.25) is 0 Å². The van der Waals surface area contributed by atoms with Gasteiger partial charge in [0.15, 0.2) is 0 Å². The van der Waals surface area contributed by atoms with Crippen molar-refractivity contribution in [1.82, 2.24) is 0 Å². The Kier molecular flexibility index (Phi) is 3.60. The van der Waals surface area contributed by atoms with E-state index < -0.39 is 0 Å². The Labute approximate surface area is 103 Å². The third-order valence-electron chi connectivity index (χ3n) is 3.17. The third-order valence-corrected chi connectivity index (χ3v) is 3.17. The highest BCUT2D eigenvalue weighted by atomic mass is 14.5. The van der Waals surface area contributed by atoms with E-state index in [0.717, 1.165) is 6.42 Å². The molecule has 0 aliphatic carbocycles. The van der Waals surface area contributed by atoms with Gasteiger partial charge in [0, 0.05) is 6.54 Å². The van der Waals surface area contributed by atoms with Crippen molar-refractivity contribution in [3.05, 3.63) is 59.2 Å². The summed E-state index contributed by atoms with van der Waals surface area (Å²) in [6.07, 6.45) is 1.08. The zero-order chi connectivity index (χ0) is 12.3. The summed E-state index contributed by atoms with van der Waals surface area (Å²) in [6, 6.07) is 15.2. The van der Waals surface area contributed by atoms with Gasteiger partial charge in [-0.3, -0.25) is 0 Å². The first-order chi connectivity index (χ1) is 8.24. The molecular weight excluding hydrogens is 206 g/mol. The average molecular weight is 225 g/mol. The molecule has 0 saturated carbocycles. The first-order valence-corrected chi connectivity index (χ1v) is 6.13. The molecule has 1 heteroatoms. The summed E-state index contributed by atoms with van der Waals surface area (Å²) in [5, 5.41) is 0. The van der Waals surface area contributed by atoms with Crippen molar-refractivity contribution in [3.8, 4) is 11.1 Å². The van der Waals surface area contributed by atoms with Crippen LogP contribution in [0.1, 0.15) is 23.6 Å². The maximum atomic E-state index is 5.65. The van der Waals surface area contributed by atoms with Crippen LogP contribution < -0.4 is 5.73 Å². The molecule has 0 aliphatic rings. The Balaban J connectivity index is 2.45. The van der Waals surface area contributed by atoms with E-state index in [1.807, 2.05) is 0 Å². The summed E-state index contributed by atoms with van der Waals surface area (Å²) in [4.78, 5) is 0. The summed E-state index contributed by atoms with van der Waals surface area (Å²) in [5.41, 5.74) is 12.1. The zero-order valence-corrected chi connectivity index (χ0v) is 10.5. The second-order valence-corrected chi connectivity index (χ2v) is 4.41. The van der Waals surface area contributed by atoms with E-state index in [4.69, 9.17) is 5.73 Å². The maximum Gasteiger partial charge on any atom is 0.0178 e. The van der Waals surface area contributed by atoms with Crippen LogP contribution in [0.3, 0.4) is 0 Å². The summed E-state index contributed by atoms with van der Waals surface area (Å²) >= 11 is 0. The van der Waals surface area contributed by atoms with Gasteiger partial charge in [0.1, 0.15) is 0 Å². The number of benzene rings is 2. The van der Waals surface area contributed by atoms with Gasteiger partial charge >= 0.3 is 0 Å². The molecular formula is C16H19N. The second-order valence-electron chi connectivity index (χ2n) is 4.41. The predicted molar refractivity (Wildman–Crippen MR) is 73.9 cm³/mol. The number of hydrogen-bond donors (Lipinski definition) is 1. The minimum Gasteiger partial charge on any atom is -0.326 e. The Morgan fingerprint density at radius 1 is 1.00 bits per heavy atom. The van der Waals surface area contributed by atoms with Crippen LogP contribution in [-0.4, -0.2) is 0 Å². The minimum absolute atomic E-state index is 0.607. The monoisotopic (exact) mass is 225 g/mol. The van der Waals surface area contributed by atoms with Gasteiger partial charge in [-0.1, -0.05) is 49.4 Å². The molecule has 0 saturated heterocycles. The van der Waals surface area contributed by atoms with Crippen molar-refractivity contribution in [2.45, 2.75) is 26.8 Å². The maximum absolute atomic E-state index is 5.65. The number of rotatable bonds is 3. The van der Waals surface area contributed by atoms with Gasteiger partial charge in [0.25, 0.3) is 0 Å². The van der Waals surface area contributed by atoms with Gasteiger partial charge in [-0.2, -0.15) is 0 Å². The van der Waals surface area contributed by atoms with Crippen LogP contribution >= 0.6 is 0 Å². The van der Waals surface area contributed by atoms with E-state index in [1.54, 1.807) is 0 Å². The van der Waals surface area contributed by atoms with E-state index in [-0.39, 0.29) is 0 Å². The fourth-order valence-corrected chi connectivity index (χ4v) is 2.14. The van der Waals surface area contributed by atoms with E-state index in [1.165, 1.54) is 27.8 Å². The van der Waals surface area contributed by atoms with Gasteiger partial charge < -0.3 is 5.73 Å². The smallest absolute Gasteiger partial charge is 0.0178 e. The molecule has 2 rings (SSSR count). The Morgan fingerprint density at radius 2 is 1.82 bits per heavy atom. The number of hydrogen-bond acceptors (Lipinski definition) is 1. The summed E-state index contributed by atoms with van der Waals surface area (Å²) < 4.78 is 0. The van der Waals surface area contributed by atoms with Crippen LogP contribution in [0, 0.1) is 6.92 Å². The molecule has 0 radical (unpaired) electrons. The van der Waals surface area contributed by atoms with Crippen molar-refractivity contribution in [1.29, 1.82) is 0 Å². The van der Waals surface area contributed by atoms with Crippen molar-refractivity contribution in [2.24, 2.45) is 5.73 Å². The first-order valence-electron chi connectivity index (χ1n) is 6.13. The lowest BCUT2D eigenvalue weighted by atomic mass is 9.96. The highest BCUT2D eigenvalue weighted by Crippen LogP contribution is 2.25. The minimum atomic E-state index is 0.607. The van der Waals surface area contributed by atoms with Gasteiger partial charge in [-0.05, 0) is 41.2 Å². The molecule has 0 atom stereocenters. The van der Waals surface area contributed by atoms with Gasteiger partial charge in [-0.15, -0.1) is 0 Å². The molecule has 0 bridgehead atoms.